The van der Waals surface area contributed by atoms with E-state index in [1.807, 2.05) is 38.2 Å². The zero-order chi connectivity index (χ0) is 28.6. The third-order valence-corrected chi connectivity index (χ3v) is 7.95. The summed E-state index contributed by atoms with van der Waals surface area (Å²) in [5, 5.41) is 2.06. The lowest BCUT2D eigenvalue weighted by atomic mass is 9.94. The topological polar surface area (TPSA) is 98.7 Å². The summed E-state index contributed by atoms with van der Waals surface area (Å²) < 4.78 is 28.7. The smallest absolute Gasteiger partial charge is 0.472 e. The van der Waals surface area contributed by atoms with Crippen molar-refractivity contribution in [2.24, 2.45) is 5.92 Å². The predicted molar refractivity (Wildman–Crippen MR) is 159 cm³/mol. The van der Waals surface area contributed by atoms with Crippen LogP contribution in [0.5, 0.6) is 5.75 Å². The Morgan fingerprint density at radius 2 is 1.54 bits per heavy atom. The number of rotatable bonds is 27. The van der Waals surface area contributed by atoms with Gasteiger partial charge in [-0.15, -0.1) is 0 Å². The molecule has 1 rings (SSSR count). The Labute approximate surface area is 238 Å². The van der Waals surface area contributed by atoms with Gasteiger partial charge >= 0.3 is 7.82 Å². The van der Waals surface area contributed by atoms with Crippen molar-refractivity contribution in [1.82, 2.24) is 0 Å². The fourth-order valence-corrected chi connectivity index (χ4v) is 5.41. The van der Waals surface area contributed by atoms with Gasteiger partial charge in [-0.25, -0.2) is 4.57 Å². The molecule has 3 N–H and O–H groups in total. The summed E-state index contributed by atoms with van der Waals surface area (Å²) in [7, 11) is -2.16. The minimum absolute atomic E-state index is 0.00786. The first-order valence-corrected chi connectivity index (χ1v) is 17.0. The van der Waals surface area contributed by atoms with Crippen LogP contribution in [0.15, 0.2) is 24.3 Å². The molecule has 226 valence electrons. The Kier molecular flexibility index (Phi) is 21.5. The molecular formula is C31H57NO6P+. The number of ether oxygens (including phenoxy) is 1. The number of carbonyl (C=O) groups is 1. The number of benzene rings is 1. The second-order valence-electron chi connectivity index (χ2n) is 10.7. The largest absolute Gasteiger partial charge is 0.494 e. The van der Waals surface area contributed by atoms with Crippen LogP contribution in [-0.4, -0.2) is 44.1 Å². The molecule has 0 bridgehead atoms. The van der Waals surface area contributed by atoms with E-state index >= 15 is 0 Å². The summed E-state index contributed by atoms with van der Waals surface area (Å²) in [4.78, 5) is 22.2. The average Bonchev–Trinajstić information content (AvgIpc) is 2.92. The fourth-order valence-electron chi connectivity index (χ4n) is 4.58. The van der Waals surface area contributed by atoms with Crippen molar-refractivity contribution in [2.75, 3.05) is 33.4 Å². The highest BCUT2D eigenvalue weighted by Gasteiger charge is 2.24. The van der Waals surface area contributed by atoms with E-state index in [2.05, 4.69) is 12.2 Å². The molecule has 39 heavy (non-hydrogen) atoms. The van der Waals surface area contributed by atoms with E-state index in [0.29, 0.717) is 32.3 Å². The van der Waals surface area contributed by atoms with Gasteiger partial charge in [-0.3, -0.25) is 13.8 Å². The standard InChI is InChI=1S/C31H56NO6P/c1-4-6-7-8-9-10-11-12-13-14-16-22-36-31-20-18-19-28(26-31)24-29(25-30(33)5-2)27-38-39(34,35)37-23-17-15-21-32-3/h18-20,26,29,32H,4-17,21-25,27H2,1-3H3,(H,34,35)/p+1. The average molecular weight is 571 g/mol. The first kappa shape index (κ1) is 35.8. The Morgan fingerprint density at radius 1 is 0.897 bits per heavy atom. The Morgan fingerprint density at radius 3 is 2.18 bits per heavy atom. The SMILES string of the molecule is CCCCCCCCCCCCCOc1cccc(CC(COP(=O)(O)OCCCC[NH2+]C)CC(=O)CC)c1. The van der Waals surface area contributed by atoms with Gasteiger partial charge in [-0.05, 0) is 49.3 Å². The molecule has 0 aliphatic carbocycles. The summed E-state index contributed by atoms with van der Waals surface area (Å²) in [6.07, 6.45) is 17.3. The Hall–Kier alpha value is -1.24. The molecule has 2 atom stereocenters. The highest BCUT2D eigenvalue weighted by atomic mass is 31.2. The van der Waals surface area contributed by atoms with Gasteiger partial charge in [0.2, 0.25) is 0 Å². The van der Waals surface area contributed by atoms with E-state index in [1.165, 1.54) is 64.2 Å². The van der Waals surface area contributed by atoms with Gasteiger partial charge in [0.05, 0.1) is 33.4 Å². The van der Waals surface area contributed by atoms with Crippen LogP contribution in [0.4, 0.5) is 0 Å². The monoisotopic (exact) mass is 570 g/mol. The highest BCUT2D eigenvalue weighted by molar-refractivity contribution is 7.47. The number of quaternary nitrogens is 1. The zero-order valence-corrected chi connectivity index (χ0v) is 25.9. The molecule has 8 heteroatoms. The van der Waals surface area contributed by atoms with Crippen LogP contribution in [0.2, 0.25) is 0 Å². The second-order valence-corrected chi connectivity index (χ2v) is 12.2. The molecule has 0 spiro atoms. The molecule has 0 saturated heterocycles. The zero-order valence-electron chi connectivity index (χ0n) is 25.0. The van der Waals surface area contributed by atoms with E-state index in [9.17, 15) is 14.3 Å². The van der Waals surface area contributed by atoms with Crippen molar-refractivity contribution >= 4 is 13.6 Å². The van der Waals surface area contributed by atoms with Crippen molar-refractivity contribution in [1.29, 1.82) is 0 Å². The van der Waals surface area contributed by atoms with Crippen LogP contribution >= 0.6 is 7.82 Å². The van der Waals surface area contributed by atoms with E-state index in [-0.39, 0.29) is 24.9 Å². The highest BCUT2D eigenvalue weighted by Crippen LogP contribution is 2.44. The van der Waals surface area contributed by atoms with Crippen molar-refractivity contribution in [3.05, 3.63) is 29.8 Å². The number of nitrogens with two attached hydrogens (primary N) is 1. The summed E-state index contributed by atoms with van der Waals surface area (Å²) in [5.41, 5.74) is 1.02. The van der Waals surface area contributed by atoms with E-state index < -0.39 is 7.82 Å². The fraction of sp³-hybridized carbons (Fsp3) is 0.774. The van der Waals surface area contributed by atoms with Crippen molar-refractivity contribution < 1.29 is 33.4 Å². The van der Waals surface area contributed by atoms with Gasteiger partial charge < -0.3 is 14.9 Å². The maximum absolute atomic E-state index is 12.3. The van der Waals surface area contributed by atoms with E-state index in [0.717, 1.165) is 30.7 Å². The molecule has 1 aromatic rings. The molecule has 0 saturated carbocycles. The number of hydrogen-bond donors (Lipinski definition) is 2. The summed E-state index contributed by atoms with van der Waals surface area (Å²) in [6, 6.07) is 7.91. The second kappa shape index (κ2) is 23.5. The number of ketones is 1. The molecule has 0 aromatic heterocycles. The van der Waals surface area contributed by atoms with Crippen LogP contribution in [0.25, 0.3) is 0 Å². The molecule has 7 nitrogen and oxygen atoms in total. The number of hydrogen-bond acceptors (Lipinski definition) is 5. The predicted octanol–water partition coefficient (Wildman–Crippen LogP) is 7.01. The van der Waals surface area contributed by atoms with Crippen LogP contribution < -0.4 is 10.1 Å². The quantitative estimate of drug-likeness (QED) is 0.0872. The first-order valence-electron chi connectivity index (χ1n) is 15.5. The molecule has 0 heterocycles. The number of unbranched alkanes of at least 4 members (excludes halogenated alkanes) is 11. The molecule has 0 radical (unpaired) electrons. The van der Waals surface area contributed by atoms with Gasteiger partial charge in [0.25, 0.3) is 0 Å². The number of Topliss-reactive ketones (excluding diaryl/α,β-unsaturated/α-hetero) is 1. The lowest BCUT2D eigenvalue weighted by molar-refractivity contribution is -0.627. The molecule has 0 amide bonds. The number of carbonyl (C=O) groups excluding carboxylic acids is 1. The first-order chi connectivity index (χ1) is 18.9. The minimum atomic E-state index is -4.14. The van der Waals surface area contributed by atoms with E-state index in [1.54, 1.807) is 0 Å². The van der Waals surface area contributed by atoms with Gasteiger partial charge in [-0.2, -0.15) is 0 Å². The van der Waals surface area contributed by atoms with E-state index in [4.69, 9.17) is 13.8 Å². The van der Waals surface area contributed by atoms with Crippen molar-refractivity contribution in [3.8, 4) is 5.75 Å². The minimum Gasteiger partial charge on any atom is -0.494 e. The molecule has 0 aliphatic heterocycles. The van der Waals surface area contributed by atoms with Crippen molar-refractivity contribution in [2.45, 2.75) is 117 Å². The molecule has 0 fully saturated rings. The number of phosphoric acid groups is 1. The van der Waals surface area contributed by atoms with Crippen LogP contribution in [0.1, 0.15) is 116 Å². The van der Waals surface area contributed by atoms with Gasteiger partial charge in [0.15, 0.2) is 0 Å². The van der Waals surface area contributed by atoms with Crippen molar-refractivity contribution in [3.63, 3.8) is 0 Å². The number of phosphoric ester groups is 1. The molecule has 2 unspecified atom stereocenters. The third kappa shape index (κ3) is 20.3. The van der Waals surface area contributed by atoms with Gasteiger partial charge in [0.1, 0.15) is 11.5 Å². The lowest BCUT2D eigenvalue weighted by Crippen LogP contribution is -2.79. The normalized spacial score (nSPS) is 13.7. The summed E-state index contributed by atoms with van der Waals surface area (Å²) in [5.74, 6) is 0.719. The maximum atomic E-state index is 12.3. The lowest BCUT2D eigenvalue weighted by Gasteiger charge is -2.19. The van der Waals surface area contributed by atoms with Crippen LogP contribution in [-0.2, 0) is 24.8 Å². The Bertz CT molecular complexity index is 790. The van der Waals surface area contributed by atoms with Gasteiger partial charge in [0, 0.05) is 12.8 Å². The third-order valence-electron chi connectivity index (χ3n) is 6.97. The van der Waals surface area contributed by atoms with Crippen LogP contribution in [0.3, 0.4) is 0 Å². The molecular weight excluding hydrogens is 513 g/mol. The summed E-state index contributed by atoms with van der Waals surface area (Å²) in [6.45, 7) is 5.91. The maximum Gasteiger partial charge on any atom is 0.472 e. The molecule has 1 aromatic carbocycles. The summed E-state index contributed by atoms with van der Waals surface area (Å²) >= 11 is 0. The van der Waals surface area contributed by atoms with Gasteiger partial charge in [-0.1, -0.05) is 90.2 Å². The van der Waals surface area contributed by atoms with Crippen LogP contribution in [0, 0.1) is 5.92 Å². The Balaban J connectivity index is 2.39. The molecule has 0 aliphatic rings.